The monoisotopic (exact) mass is 234 g/mol. The number of rotatable bonds is 4. The lowest BCUT2D eigenvalue weighted by Crippen LogP contribution is -2.29. The molecule has 94 valence electrons. The maximum atomic E-state index is 9.47. The summed E-state index contributed by atoms with van der Waals surface area (Å²) < 4.78 is 0. The van der Waals surface area contributed by atoms with Crippen LogP contribution in [0.5, 0.6) is 5.75 Å². The van der Waals surface area contributed by atoms with Gasteiger partial charge in [-0.05, 0) is 63.4 Å². The van der Waals surface area contributed by atoms with Crippen LogP contribution in [0.4, 0.5) is 5.69 Å². The SMILES string of the molecule is Cc1cc(NC(C)CC2CCCN2)ccc1O. The van der Waals surface area contributed by atoms with E-state index in [1.54, 1.807) is 6.07 Å². The third-order valence-corrected chi connectivity index (χ3v) is 3.41. The van der Waals surface area contributed by atoms with E-state index in [0.29, 0.717) is 17.8 Å². The van der Waals surface area contributed by atoms with E-state index in [9.17, 15) is 5.11 Å². The van der Waals surface area contributed by atoms with Gasteiger partial charge >= 0.3 is 0 Å². The van der Waals surface area contributed by atoms with Crippen LogP contribution in [0.2, 0.25) is 0 Å². The molecule has 0 aliphatic carbocycles. The quantitative estimate of drug-likeness (QED) is 0.702. The predicted octanol–water partition coefficient (Wildman–Crippen LogP) is 2.64. The topological polar surface area (TPSA) is 44.3 Å². The molecule has 2 rings (SSSR count). The molecule has 0 spiro atoms. The van der Waals surface area contributed by atoms with Crippen molar-refractivity contribution in [3.63, 3.8) is 0 Å². The van der Waals surface area contributed by atoms with Crippen LogP contribution in [-0.4, -0.2) is 23.7 Å². The first-order valence-electron chi connectivity index (χ1n) is 6.44. The third kappa shape index (κ3) is 3.37. The van der Waals surface area contributed by atoms with E-state index in [1.807, 2.05) is 19.1 Å². The summed E-state index contributed by atoms with van der Waals surface area (Å²) in [5, 5.41) is 16.5. The highest BCUT2D eigenvalue weighted by molar-refractivity contribution is 5.50. The van der Waals surface area contributed by atoms with Crippen molar-refractivity contribution in [2.24, 2.45) is 0 Å². The van der Waals surface area contributed by atoms with Crippen LogP contribution in [-0.2, 0) is 0 Å². The van der Waals surface area contributed by atoms with Crippen LogP contribution in [0.25, 0.3) is 0 Å². The van der Waals surface area contributed by atoms with E-state index in [4.69, 9.17) is 0 Å². The van der Waals surface area contributed by atoms with Crippen molar-refractivity contribution in [3.8, 4) is 5.75 Å². The molecule has 1 saturated heterocycles. The van der Waals surface area contributed by atoms with Crippen LogP contribution in [0.15, 0.2) is 18.2 Å². The van der Waals surface area contributed by atoms with Gasteiger partial charge in [0.25, 0.3) is 0 Å². The van der Waals surface area contributed by atoms with E-state index >= 15 is 0 Å². The predicted molar refractivity (Wildman–Crippen MR) is 71.6 cm³/mol. The first kappa shape index (κ1) is 12.2. The van der Waals surface area contributed by atoms with Crippen LogP contribution in [0, 0.1) is 6.92 Å². The van der Waals surface area contributed by atoms with Crippen LogP contribution >= 0.6 is 0 Å². The van der Waals surface area contributed by atoms with E-state index in [1.165, 1.54) is 12.8 Å². The Labute approximate surface area is 103 Å². The molecule has 0 bridgehead atoms. The number of phenols is 1. The number of anilines is 1. The highest BCUT2D eigenvalue weighted by atomic mass is 16.3. The zero-order valence-corrected chi connectivity index (χ0v) is 10.7. The molecule has 0 amide bonds. The van der Waals surface area contributed by atoms with E-state index in [-0.39, 0.29) is 0 Å². The molecular weight excluding hydrogens is 212 g/mol. The summed E-state index contributed by atoms with van der Waals surface area (Å²) in [5.41, 5.74) is 2.01. The van der Waals surface area contributed by atoms with Crippen molar-refractivity contribution in [2.45, 2.75) is 45.2 Å². The molecule has 1 aliphatic rings. The van der Waals surface area contributed by atoms with E-state index < -0.39 is 0 Å². The van der Waals surface area contributed by atoms with Gasteiger partial charge in [0.15, 0.2) is 0 Å². The number of nitrogens with one attached hydrogen (secondary N) is 2. The van der Waals surface area contributed by atoms with Gasteiger partial charge in [-0.15, -0.1) is 0 Å². The fraction of sp³-hybridized carbons (Fsp3) is 0.571. The van der Waals surface area contributed by atoms with Crippen molar-refractivity contribution in [1.29, 1.82) is 0 Å². The number of hydrogen-bond donors (Lipinski definition) is 3. The largest absolute Gasteiger partial charge is 0.508 e. The molecule has 1 fully saturated rings. The van der Waals surface area contributed by atoms with Crippen molar-refractivity contribution in [3.05, 3.63) is 23.8 Å². The number of benzene rings is 1. The van der Waals surface area contributed by atoms with Crippen LogP contribution in [0.3, 0.4) is 0 Å². The summed E-state index contributed by atoms with van der Waals surface area (Å²) in [5.74, 6) is 0.362. The van der Waals surface area contributed by atoms with Gasteiger partial charge < -0.3 is 15.7 Å². The summed E-state index contributed by atoms with van der Waals surface area (Å²) in [6.07, 6.45) is 3.75. The fourth-order valence-corrected chi connectivity index (χ4v) is 2.47. The summed E-state index contributed by atoms with van der Waals surface area (Å²) in [6, 6.07) is 6.79. The summed E-state index contributed by atoms with van der Waals surface area (Å²) in [6.45, 7) is 5.29. The molecule has 1 aromatic rings. The molecule has 3 N–H and O–H groups in total. The second kappa shape index (κ2) is 5.41. The average molecular weight is 234 g/mol. The Morgan fingerprint density at radius 3 is 3.00 bits per heavy atom. The Morgan fingerprint density at radius 1 is 1.53 bits per heavy atom. The molecule has 1 aliphatic heterocycles. The van der Waals surface area contributed by atoms with Gasteiger partial charge in [-0.2, -0.15) is 0 Å². The number of hydrogen-bond acceptors (Lipinski definition) is 3. The molecule has 3 heteroatoms. The zero-order chi connectivity index (χ0) is 12.3. The summed E-state index contributed by atoms with van der Waals surface area (Å²) >= 11 is 0. The Bertz CT molecular complexity index is 372. The van der Waals surface area contributed by atoms with Gasteiger partial charge in [0.1, 0.15) is 5.75 Å². The lowest BCUT2D eigenvalue weighted by molar-refractivity contribution is 0.471. The number of aromatic hydroxyl groups is 1. The highest BCUT2D eigenvalue weighted by Crippen LogP contribution is 2.21. The second-order valence-corrected chi connectivity index (χ2v) is 5.08. The Morgan fingerprint density at radius 2 is 2.35 bits per heavy atom. The van der Waals surface area contributed by atoms with E-state index in [0.717, 1.165) is 24.2 Å². The van der Waals surface area contributed by atoms with Crippen molar-refractivity contribution >= 4 is 5.69 Å². The normalized spacial score (nSPS) is 21.4. The van der Waals surface area contributed by atoms with Gasteiger partial charge in [0.2, 0.25) is 0 Å². The fourth-order valence-electron chi connectivity index (χ4n) is 2.47. The van der Waals surface area contributed by atoms with Crippen LogP contribution < -0.4 is 10.6 Å². The molecule has 2 unspecified atom stereocenters. The minimum atomic E-state index is 0.362. The molecular formula is C14H22N2O. The van der Waals surface area contributed by atoms with Crippen molar-refractivity contribution < 1.29 is 5.11 Å². The summed E-state index contributed by atoms with van der Waals surface area (Å²) in [4.78, 5) is 0. The maximum Gasteiger partial charge on any atom is 0.118 e. The Hall–Kier alpha value is -1.22. The molecule has 1 heterocycles. The van der Waals surface area contributed by atoms with Crippen molar-refractivity contribution in [1.82, 2.24) is 5.32 Å². The average Bonchev–Trinajstić information content (AvgIpc) is 2.76. The molecule has 3 nitrogen and oxygen atoms in total. The van der Waals surface area contributed by atoms with Gasteiger partial charge in [-0.25, -0.2) is 0 Å². The maximum absolute atomic E-state index is 9.47. The van der Waals surface area contributed by atoms with Crippen LogP contribution in [0.1, 0.15) is 31.7 Å². The first-order chi connectivity index (χ1) is 8.15. The van der Waals surface area contributed by atoms with Gasteiger partial charge in [0.05, 0.1) is 0 Å². The lowest BCUT2D eigenvalue weighted by Gasteiger charge is -2.19. The van der Waals surface area contributed by atoms with E-state index in [2.05, 4.69) is 17.6 Å². The molecule has 0 radical (unpaired) electrons. The number of phenolic OH excluding ortho intramolecular Hbond substituents is 1. The van der Waals surface area contributed by atoms with Gasteiger partial charge in [-0.1, -0.05) is 0 Å². The highest BCUT2D eigenvalue weighted by Gasteiger charge is 2.16. The Kier molecular flexibility index (Phi) is 3.89. The third-order valence-electron chi connectivity index (χ3n) is 3.41. The standard InChI is InChI=1S/C14H22N2O/c1-10-8-13(5-6-14(10)17)16-11(2)9-12-4-3-7-15-12/h5-6,8,11-12,15-17H,3-4,7,9H2,1-2H3. The zero-order valence-electron chi connectivity index (χ0n) is 10.7. The Balaban J connectivity index is 1.88. The van der Waals surface area contributed by atoms with Gasteiger partial charge in [-0.3, -0.25) is 0 Å². The van der Waals surface area contributed by atoms with Crippen molar-refractivity contribution in [2.75, 3.05) is 11.9 Å². The molecule has 17 heavy (non-hydrogen) atoms. The minimum absolute atomic E-state index is 0.362. The molecule has 1 aromatic carbocycles. The molecule has 0 aromatic heterocycles. The lowest BCUT2D eigenvalue weighted by atomic mass is 10.1. The first-order valence-corrected chi connectivity index (χ1v) is 6.44. The minimum Gasteiger partial charge on any atom is -0.508 e. The molecule has 0 saturated carbocycles. The molecule has 2 atom stereocenters. The second-order valence-electron chi connectivity index (χ2n) is 5.08. The number of aryl methyl sites for hydroxylation is 1. The van der Waals surface area contributed by atoms with Gasteiger partial charge in [0, 0.05) is 17.8 Å². The smallest absolute Gasteiger partial charge is 0.118 e. The summed E-state index contributed by atoms with van der Waals surface area (Å²) in [7, 11) is 0.